The van der Waals surface area contributed by atoms with Gasteiger partial charge in [-0.05, 0) is 73.0 Å². The number of carbonyl (C=O) groups excluding carboxylic acids is 3. The van der Waals surface area contributed by atoms with Crippen LogP contribution >= 0.6 is 23.1 Å². The van der Waals surface area contributed by atoms with E-state index in [4.69, 9.17) is 9.47 Å². The third kappa shape index (κ3) is 9.25. The quantitative estimate of drug-likeness (QED) is 0.0823. The van der Waals surface area contributed by atoms with Gasteiger partial charge in [-0.25, -0.2) is 0 Å². The zero-order valence-corrected chi connectivity index (χ0v) is 30.1. The van der Waals surface area contributed by atoms with Gasteiger partial charge in [0.05, 0.1) is 25.0 Å². The minimum atomic E-state index is -0.549. The Hall–Kier alpha value is -5.83. The minimum Gasteiger partial charge on any atom is -0.493 e. The summed E-state index contributed by atoms with van der Waals surface area (Å²) >= 11 is 2.67. The molecule has 0 spiro atoms. The third-order valence-electron chi connectivity index (χ3n) is 7.78. The van der Waals surface area contributed by atoms with Crippen LogP contribution in [0.2, 0.25) is 0 Å². The number of carbonyl (C=O) groups is 3. The zero-order chi connectivity index (χ0) is 36.3. The van der Waals surface area contributed by atoms with Crippen molar-refractivity contribution in [1.29, 1.82) is 5.26 Å². The van der Waals surface area contributed by atoms with Gasteiger partial charge in [-0.15, -0.1) is 23.1 Å². The molecule has 0 saturated carbocycles. The Labute approximate surface area is 305 Å². The summed E-state index contributed by atoms with van der Waals surface area (Å²) < 4.78 is 10.8. The van der Waals surface area contributed by atoms with E-state index in [1.165, 1.54) is 37.3 Å². The molecule has 0 saturated heterocycles. The molecule has 51 heavy (non-hydrogen) atoms. The van der Waals surface area contributed by atoms with Crippen LogP contribution in [0.5, 0.6) is 11.5 Å². The Balaban J connectivity index is 1.33. The minimum absolute atomic E-state index is 0.00851. The van der Waals surface area contributed by atoms with Gasteiger partial charge in [0.15, 0.2) is 11.5 Å². The normalized spacial score (nSPS) is 11.5. The molecule has 4 aromatic carbocycles. The first-order valence-electron chi connectivity index (χ1n) is 16.0. The fraction of sp³-hybridized carbons (Fsp3) is 0.150. The van der Waals surface area contributed by atoms with E-state index in [0.717, 1.165) is 21.6 Å². The summed E-state index contributed by atoms with van der Waals surface area (Å²) in [4.78, 5) is 41.0. The van der Waals surface area contributed by atoms with Crippen molar-refractivity contribution in [3.8, 4) is 28.7 Å². The van der Waals surface area contributed by atoms with Gasteiger partial charge in [-0.1, -0.05) is 67.1 Å². The van der Waals surface area contributed by atoms with E-state index in [9.17, 15) is 19.6 Å². The molecular weight excluding hydrogens is 681 g/mol. The van der Waals surface area contributed by atoms with Crippen molar-refractivity contribution in [2.75, 3.05) is 24.9 Å². The number of aryl methyl sites for hydroxylation is 1. The van der Waals surface area contributed by atoms with E-state index >= 15 is 0 Å². The second-order valence-corrected chi connectivity index (χ2v) is 13.5. The average Bonchev–Trinajstić information content (AvgIpc) is 3.56. The first kappa shape index (κ1) is 36.5. The van der Waals surface area contributed by atoms with Crippen LogP contribution in [-0.2, 0) is 9.59 Å². The lowest BCUT2D eigenvalue weighted by Gasteiger charge is -2.16. The molecule has 0 radical (unpaired) electrons. The van der Waals surface area contributed by atoms with Gasteiger partial charge in [0.2, 0.25) is 5.91 Å². The number of thiophene rings is 1. The molecule has 11 heteroatoms. The van der Waals surface area contributed by atoms with Gasteiger partial charge < -0.3 is 25.4 Å². The molecule has 3 N–H and O–H groups in total. The molecule has 3 amide bonds. The molecule has 1 heterocycles. The number of methoxy groups -OCH3 is 2. The topological polar surface area (TPSA) is 130 Å². The molecular formula is C40H36N4O5S2. The summed E-state index contributed by atoms with van der Waals surface area (Å²) in [5, 5.41) is 20.5. The molecule has 9 nitrogen and oxygen atoms in total. The Morgan fingerprint density at radius 2 is 1.65 bits per heavy atom. The number of nitrogens with one attached hydrogen (secondary N) is 3. The van der Waals surface area contributed by atoms with Crippen molar-refractivity contribution >= 4 is 57.6 Å². The summed E-state index contributed by atoms with van der Waals surface area (Å²) in [5.41, 5.74) is 4.71. The predicted molar refractivity (Wildman–Crippen MR) is 204 cm³/mol. The first-order valence-corrected chi connectivity index (χ1v) is 17.8. The van der Waals surface area contributed by atoms with Gasteiger partial charge in [0.25, 0.3) is 11.8 Å². The lowest BCUT2D eigenvalue weighted by Crippen LogP contribution is -2.30. The van der Waals surface area contributed by atoms with E-state index in [-0.39, 0.29) is 11.6 Å². The van der Waals surface area contributed by atoms with Crippen LogP contribution in [-0.4, -0.2) is 37.2 Å². The molecule has 0 fully saturated rings. The average molecular weight is 717 g/mol. The zero-order valence-electron chi connectivity index (χ0n) is 28.5. The highest BCUT2D eigenvalue weighted by molar-refractivity contribution is 8.00. The summed E-state index contributed by atoms with van der Waals surface area (Å²) in [6.45, 7) is 3.92. The second kappa shape index (κ2) is 17.2. The molecule has 1 unspecified atom stereocenters. The second-order valence-electron chi connectivity index (χ2n) is 11.3. The fourth-order valence-electron chi connectivity index (χ4n) is 5.08. The maximum atomic E-state index is 13.7. The first-order chi connectivity index (χ1) is 24.7. The Morgan fingerprint density at radius 1 is 0.902 bits per heavy atom. The molecule has 0 bridgehead atoms. The van der Waals surface area contributed by atoms with Crippen LogP contribution in [0.1, 0.15) is 40.4 Å². The monoisotopic (exact) mass is 716 g/mol. The largest absolute Gasteiger partial charge is 0.493 e. The number of benzene rings is 4. The molecule has 0 aliphatic carbocycles. The number of hydrogen-bond acceptors (Lipinski definition) is 8. The van der Waals surface area contributed by atoms with Gasteiger partial charge in [-0.2, -0.15) is 5.26 Å². The molecule has 1 atom stereocenters. The number of thioether (sulfide) groups is 1. The van der Waals surface area contributed by atoms with E-state index in [2.05, 4.69) is 22.0 Å². The van der Waals surface area contributed by atoms with Crippen LogP contribution in [0.25, 0.3) is 17.2 Å². The number of amides is 3. The number of nitriles is 1. The van der Waals surface area contributed by atoms with Crippen molar-refractivity contribution < 1.29 is 23.9 Å². The van der Waals surface area contributed by atoms with Gasteiger partial charge in [0, 0.05) is 27.1 Å². The van der Waals surface area contributed by atoms with E-state index < -0.39 is 17.1 Å². The number of ether oxygens (including phenoxy) is 2. The summed E-state index contributed by atoms with van der Waals surface area (Å²) in [7, 11) is 3.05. The summed E-state index contributed by atoms with van der Waals surface area (Å²) in [6.07, 6.45) is 2.08. The number of hydrogen-bond donors (Lipinski definition) is 3. The maximum Gasteiger partial charge on any atom is 0.272 e. The van der Waals surface area contributed by atoms with Crippen molar-refractivity contribution in [2.24, 2.45) is 0 Å². The number of anilines is 2. The lowest BCUT2D eigenvalue weighted by molar-refractivity contribution is -0.116. The third-order valence-corrected chi connectivity index (χ3v) is 10.0. The van der Waals surface area contributed by atoms with Crippen LogP contribution in [0, 0.1) is 18.3 Å². The summed E-state index contributed by atoms with van der Waals surface area (Å²) in [6, 6.07) is 31.1. The lowest BCUT2D eigenvalue weighted by atomic mass is 10.0. The SMILES string of the molecule is CCC(Sc1cccc(NC(=O)/C(=C\c2ccc(OC)c(OC)c2)NC(=O)c2ccccc2)c1)C(=O)Nc1scc(-c2ccc(C)cc2)c1C#N. The van der Waals surface area contributed by atoms with Crippen molar-refractivity contribution in [3.05, 3.63) is 130 Å². The van der Waals surface area contributed by atoms with E-state index in [1.54, 1.807) is 72.8 Å². The van der Waals surface area contributed by atoms with Crippen LogP contribution in [0.4, 0.5) is 10.7 Å². The number of rotatable bonds is 13. The van der Waals surface area contributed by atoms with Crippen molar-refractivity contribution in [3.63, 3.8) is 0 Å². The standard InChI is InChI=1S/C40H36N4O5S2/c1-5-36(39(47)44-40-31(23-41)32(24-50-40)27-17-14-25(2)15-18-27)51-30-13-9-12-29(22-30)42-38(46)33(43-37(45)28-10-7-6-8-11-28)20-26-16-19-34(48-3)35(21-26)49-4/h6-22,24,36H,5H2,1-4H3,(H,42,46)(H,43,45)(H,44,47)/b33-20+. The van der Waals surface area contributed by atoms with E-state index in [0.29, 0.717) is 45.3 Å². The van der Waals surface area contributed by atoms with Gasteiger partial charge in [0.1, 0.15) is 16.8 Å². The summed E-state index contributed by atoms with van der Waals surface area (Å²) in [5.74, 6) is -0.235. The molecule has 5 rings (SSSR count). The fourth-order valence-corrected chi connectivity index (χ4v) is 7.02. The van der Waals surface area contributed by atoms with Crippen LogP contribution < -0.4 is 25.4 Å². The van der Waals surface area contributed by atoms with Gasteiger partial charge in [-0.3, -0.25) is 14.4 Å². The van der Waals surface area contributed by atoms with E-state index in [1.807, 2.05) is 49.6 Å². The highest BCUT2D eigenvalue weighted by atomic mass is 32.2. The van der Waals surface area contributed by atoms with Gasteiger partial charge >= 0.3 is 0 Å². The van der Waals surface area contributed by atoms with Crippen LogP contribution in [0.3, 0.4) is 0 Å². The molecule has 0 aliphatic heterocycles. The predicted octanol–water partition coefficient (Wildman–Crippen LogP) is 8.53. The molecule has 0 aliphatic rings. The molecule has 258 valence electrons. The highest BCUT2D eigenvalue weighted by Crippen LogP contribution is 2.36. The Kier molecular flexibility index (Phi) is 12.3. The van der Waals surface area contributed by atoms with Crippen molar-refractivity contribution in [1.82, 2.24) is 5.32 Å². The Morgan fingerprint density at radius 3 is 2.33 bits per heavy atom. The van der Waals surface area contributed by atoms with Crippen molar-refractivity contribution in [2.45, 2.75) is 30.4 Å². The Bertz CT molecular complexity index is 2100. The smallest absolute Gasteiger partial charge is 0.272 e. The molecule has 1 aromatic heterocycles. The number of nitrogens with zero attached hydrogens (tertiary/aromatic N) is 1. The maximum absolute atomic E-state index is 13.7. The molecule has 5 aromatic rings. The van der Waals surface area contributed by atoms with Crippen LogP contribution in [0.15, 0.2) is 113 Å². The highest BCUT2D eigenvalue weighted by Gasteiger charge is 2.22.